The Morgan fingerprint density at radius 2 is 2.36 bits per heavy atom. The quantitative estimate of drug-likeness (QED) is 0.592. The Labute approximate surface area is 64.2 Å². The van der Waals surface area contributed by atoms with Crippen molar-refractivity contribution in [3.8, 4) is 0 Å². The van der Waals surface area contributed by atoms with Gasteiger partial charge in [-0.2, -0.15) is 0 Å². The van der Waals surface area contributed by atoms with Crippen LogP contribution in [0, 0.1) is 5.82 Å². The number of hydrogen-bond acceptors (Lipinski definition) is 2. The zero-order valence-electron chi connectivity index (χ0n) is 6.05. The van der Waals surface area contributed by atoms with Gasteiger partial charge in [0.1, 0.15) is 5.82 Å². The first-order valence-corrected chi connectivity index (χ1v) is 3.64. The van der Waals surface area contributed by atoms with E-state index < -0.39 is 0 Å². The Kier molecular flexibility index (Phi) is 1.39. The third-order valence-corrected chi connectivity index (χ3v) is 1.96. The smallest absolute Gasteiger partial charge is 0.141 e. The second-order valence-corrected chi connectivity index (χ2v) is 2.93. The van der Waals surface area contributed by atoms with Crippen LogP contribution in [-0.4, -0.2) is 11.0 Å². The molecular weight excluding hydrogens is 143 g/mol. The van der Waals surface area contributed by atoms with Gasteiger partial charge in [0.15, 0.2) is 0 Å². The van der Waals surface area contributed by atoms with Gasteiger partial charge < -0.3 is 5.73 Å². The van der Waals surface area contributed by atoms with E-state index in [2.05, 4.69) is 4.98 Å². The summed E-state index contributed by atoms with van der Waals surface area (Å²) in [7, 11) is 0. The highest BCUT2D eigenvalue weighted by Gasteiger charge is 2.19. The normalized spacial score (nSPS) is 21.8. The molecule has 58 valence electrons. The fourth-order valence-corrected chi connectivity index (χ4v) is 1.47. The lowest BCUT2D eigenvalue weighted by Crippen LogP contribution is -2.19. The summed E-state index contributed by atoms with van der Waals surface area (Å²) in [6, 6.07) is 1.66. The van der Waals surface area contributed by atoms with Crippen molar-refractivity contribution >= 4 is 0 Å². The molecule has 0 aromatic carbocycles. The van der Waals surface area contributed by atoms with Crippen molar-refractivity contribution in [1.29, 1.82) is 0 Å². The molecule has 0 fully saturated rings. The molecule has 0 radical (unpaired) electrons. The van der Waals surface area contributed by atoms with E-state index in [4.69, 9.17) is 5.73 Å². The van der Waals surface area contributed by atoms with Crippen molar-refractivity contribution in [3.05, 3.63) is 29.3 Å². The summed E-state index contributed by atoms with van der Waals surface area (Å²) in [5.74, 6) is -0.266. The van der Waals surface area contributed by atoms with Crippen LogP contribution in [0.3, 0.4) is 0 Å². The van der Waals surface area contributed by atoms with Gasteiger partial charge in [0.05, 0.1) is 6.20 Å². The van der Waals surface area contributed by atoms with Crippen LogP contribution in [0.15, 0.2) is 12.3 Å². The molecule has 1 unspecified atom stereocenters. The Hall–Kier alpha value is -0.960. The molecule has 1 aromatic rings. The van der Waals surface area contributed by atoms with Gasteiger partial charge >= 0.3 is 0 Å². The second kappa shape index (κ2) is 2.27. The second-order valence-electron chi connectivity index (χ2n) is 2.93. The van der Waals surface area contributed by atoms with E-state index in [9.17, 15) is 4.39 Å². The van der Waals surface area contributed by atoms with E-state index in [-0.39, 0.29) is 11.9 Å². The Balaban J connectivity index is 2.43. The molecule has 0 spiro atoms. The molecule has 1 aromatic heterocycles. The van der Waals surface area contributed by atoms with E-state index in [0.717, 1.165) is 24.1 Å². The largest absolute Gasteiger partial charge is 0.327 e. The number of rotatable bonds is 0. The third kappa shape index (κ3) is 1.12. The summed E-state index contributed by atoms with van der Waals surface area (Å²) < 4.78 is 12.6. The number of pyridine rings is 1. The fraction of sp³-hybridized carbons (Fsp3) is 0.375. The monoisotopic (exact) mass is 152 g/mol. The summed E-state index contributed by atoms with van der Waals surface area (Å²) >= 11 is 0. The highest BCUT2D eigenvalue weighted by molar-refractivity contribution is 5.27. The lowest BCUT2D eigenvalue weighted by Gasteiger charge is -1.94. The zero-order valence-corrected chi connectivity index (χ0v) is 6.05. The standard InChI is InChI=1S/C8H9FN2/c9-6-1-5-2-7(10)3-8(5)11-4-6/h1,4,7H,2-3,10H2. The van der Waals surface area contributed by atoms with Crippen molar-refractivity contribution in [3.63, 3.8) is 0 Å². The van der Waals surface area contributed by atoms with E-state index in [1.54, 1.807) is 0 Å². The molecule has 0 bridgehead atoms. The molecule has 2 nitrogen and oxygen atoms in total. The van der Waals surface area contributed by atoms with E-state index in [0.29, 0.717) is 0 Å². The van der Waals surface area contributed by atoms with Crippen molar-refractivity contribution in [2.24, 2.45) is 5.73 Å². The highest BCUT2D eigenvalue weighted by atomic mass is 19.1. The molecule has 2 N–H and O–H groups in total. The minimum Gasteiger partial charge on any atom is -0.327 e. The molecule has 0 saturated carbocycles. The predicted octanol–water partition coefficient (Wildman–Crippen LogP) is 0.647. The fourth-order valence-electron chi connectivity index (χ4n) is 1.47. The maximum atomic E-state index is 12.6. The number of nitrogens with two attached hydrogens (primary N) is 1. The van der Waals surface area contributed by atoms with Gasteiger partial charge in [0.25, 0.3) is 0 Å². The van der Waals surface area contributed by atoms with Crippen molar-refractivity contribution < 1.29 is 4.39 Å². The van der Waals surface area contributed by atoms with Crippen LogP contribution in [0.1, 0.15) is 11.3 Å². The average Bonchev–Trinajstić information content (AvgIpc) is 2.27. The Bertz CT molecular complexity index is 285. The molecule has 11 heavy (non-hydrogen) atoms. The maximum Gasteiger partial charge on any atom is 0.141 e. The molecule has 1 aliphatic carbocycles. The van der Waals surface area contributed by atoms with Gasteiger partial charge in [-0.15, -0.1) is 0 Å². The van der Waals surface area contributed by atoms with Crippen LogP contribution in [0.5, 0.6) is 0 Å². The molecule has 2 rings (SSSR count). The lowest BCUT2D eigenvalue weighted by atomic mass is 10.2. The van der Waals surface area contributed by atoms with Crippen LogP contribution in [0.2, 0.25) is 0 Å². The minimum absolute atomic E-state index is 0.138. The first-order valence-electron chi connectivity index (χ1n) is 3.64. The predicted molar refractivity (Wildman–Crippen MR) is 39.6 cm³/mol. The van der Waals surface area contributed by atoms with Gasteiger partial charge in [-0.3, -0.25) is 4.98 Å². The van der Waals surface area contributed by atoms with Crippen LogP contribution >= 0.6 is 0 Å². The molecule has 1 heterocycles. The molecule has 1 atom stereocenters. The van der Waals surface area contributed by atoms with Crippen molar-refractivity contribution in [2.75, 3.05) is 0 Å². The van der Waals surface area contributed by atoms with Gasteiger partial charge in [-0.05, 0) is 18.1 Å². The summed E-state index contributed by atoms with van der Waals surface area (Å²) in [5, 5.41) is 0. The lowest BCUT2D eigenvalue weighted by molar-refractivity contribution is 0.618. The first-order chi connectivity index (χ1) is 5.25. The zero-order chi connectivity index (χ0) is 7.84. The number of hydrogen-bond donors (Lipinski definition) is 1. The maximum absolute atomic E-state index is 12.6. The molecule has 3 heteroatoms. The van der Waals surface area contributed by atoms with Crippen LogP contribution in [-0.2, 0) is 12.8 Å². The third-order valence-electron chi connectivity index (χ3n) is 1.96. The number of halogens is 1. The number of fused-ring (bicyclic) bond motifs is 1. The van der Waals surface area contributed by atoms with E-state index >= 15 is 0 Å². The highest BCUT2D eigenvalue weighted by Crippen LogP contribution is 2.18. The van der Waals surface area contributed by atoms with E-state index in [1.165, 1.54) is 12.3 Å². The summed E-state index contributed by atoms with van der Waals surface area (Å²) in [6.07, 6.45) is 2.80. The molecule has 0 aliphatic heterocycles. The summed E-state index contributed by atoms with van der Waals surface area (Å²) in [6.45, 7) is 0. The summed E-state index contributed by atoms with van der Waals surface area (Å²) in [4.78, 5) is 3.95. The van der Waals surface area contributed by atoms with Gasteiger partial charge in [0, 0.05) is 18.2 Å². The average molecular weight is 152 g/mol. The number of aromatic nitrogens is 1. The molecule has 1 aliphatic rings. The van der Waals surface area contributed by atoms with Crippen LogP contribution in [0.4, 0.5) is 4.39 Å². The SMILES string of the molecule is NC1Cc2cc(F)cnc2C1. The molecule has 0 amide bonds. The van der Waals surface area contributed by atoms with Crippen molar-refractivity contribution in [2.45, 2.75) is 18.9 Å². The van der Waals surface area contributed by atoms with Gasteiger partial charge in [0.2, 0.25) is 0 Å². The Morgan fingerprint density at radius 1 is 1.55 bits per heavy atom. The topological polar surface area (TPSA) is 38.9 Å². The molecular formula is C8H9FN2. The first kappa shape index (κ1) is 6.73. The van der Waals surface area contributed by atoms with Crippen LogP contribution in [0.25, 0.3) is 0 Å². The Morgan fingerprint density at radius 3 is 3.18 bits per heavy atom. The van der Waals surface area contributed by atoms with Gasteiger partial charge in [-0.25, -0.2) is 4.39 Å². The van der Waals surface area contributed by atoms with Crippen molar-refractivity contribution in [1.82, 2.24) is 4.98 Å². The van der Waals surface area contributed by atoms with Gasteiger partial charge in [-0.1, -0.05) is 0 Å². The van der Waals surface area contributed by atoms with E-state index in [1.807, 2.05) is 0 Å². The summed E-state index contributed by atoms with van der Waals surface area (Å²) in [5.41, 5.74) is 7.60. The number of nitrogens with zero attached hydrogens (tertiary/aromatic N) is 1. The van der Waals surface area contributed by atoms with Crippen LogP contribution < -0.4 is 5.73 Å². The molecule has 0 saturated heterocycles. The minimum atomic E-state index is -0.266.